The van der Waals surface area contributed by atoms with Crippen LogP contribution >= 0.6 is 0 Å². The Kier molecular flexibility index (Phi) is 8.51. The van der Waals surface area contributed by atoms with Gasteiger partial charge in [-0.05, 0) is 49.4 Å². The first kappa shape index (κ1) is 18.3. The average molecular weight is 314 g/mol. The number of hydrogen-bond acceptors (Lipinski definition) is 1. The maximum atomic E-state index is 8.47. The average Bonchev–Trinajstić information content (AvgIpc) is 2.59. The smallest absolute Gasteiger partial charge is 0.0912 e. The van der Waals surface area contributed by atoms with Crippen molar-refractivity contribution in [2.24, 2.45) is 23.7 Å². The molecule has 0 unspecified atom stereocenters. The van der Waals surface area contributed by atoms with E-state index in [9.17, 15) is 0 Å². The maximum Gasteiger partial charge on any atom is 0.0912 e. The van der Waals surface area contributed by atoms with Crippen molar-refractivity contribution in [1.82, 2.24) is 0 Å². The second-order valence-electron chi connectivity index (χ2n) is 7.91. The van der Waals surface area contributed by atoms with Gasteiger partial charge in [0.1, 0.15) is 0 Å². The molecule has 2 rings (SSSR count). The van der Waals surface area contributed by atoms with E-state index in [4.69, 9.17) is 5.26 Å². The summed E-state index contributed by atoms with van der Waals surface area (Å²) < 4.78 is 0. The van der Waals surface area contributed by atoms with Crippen molar-refractivity contribution in [3.8, 4) is 6.07 Å². The fraction of sp³-hybridized carbons (Fsp3) is 0.773. The van der Waals surface area contributed by atoms with Gasteiger partial charge in [-0.3, -0.25) is 0 Å². The zero-order chi connectivity index (χ0) is 16.3. The summed E-state index contributed by atoms with van der Waals surface area (Å²) in [7, 11) is 0. The van der Waals surface area contributed by atoms with Crippen molar-refractivity contribution in [2.45, 2.75) is 84.0 Å². The van der Waals surface area contributed by atoms with E-state index < -0.39 is 0 Å². The minimum absolute atomic E-state index is 0.749. The summed E-state index contributed by atoms with van der Waals surface area (Å²) in [4.78, 5) is 0. The molecule has 0 aliphatic heterocycles. The lowest BCUT2D eigenvalue weighted by molar-refractivity contribution is 0.221. The van der Waals surface area contributed by atoms with Crippen LogP contribution < -0.4 is 0 Å². The molecule has 2 aliphatic carbocycles. The Morgan fingerprint density at radius 2 is 1.30 bits per heavy atom. The molecule has 0 aromatic heterocycles. The monoisotopic (exact) mass is 313 g/mol. The van der Waals surface area contributed by atoms with Gasteiger partial charge in [0.2, 0.25) is 0 Å². The third-order valence-corrected chi connectivity index (χ3v) is 6.20. The van der Waals surface area contributed by atoms with Gasteiger partial charge in [-0.15, -0.1) is 0 Å². The van der Waals surface area contributed by atoms with Crippen molar-refractivity contribution >= 4 is 0 Å². The van der Waals surface area contributed by atoms with Gasteiger partial charge in [0.05, 0.1) is 6.07 Å². The lowest BCUT2D eigenvalue weighted by Gasteiger charge is -2.31. The summed E-state index contributed by atoms with van der Waals surface area (Å²) >= 11 is 0. The Balaban J connectivity index is 1.57. The normalized spacial score (nSPS) is 32.3. The SMILES string of the molecule is CCC[C@H]1CC[C@H](CC[C@H]2CC[C@H](/C=C/C=C/C#N)CC2)CC1. The number of rotatable bonds is 7. The zero-order valence-corrected chi connectivity index (χ0v) is 15.1. The van der Waals surface area contributed by atoms with E-state index in [0.717, 1.165) is 23.7 Å². The molecule has 0 aromatic carbocycles. The van der Waals surface area contributed by atoms with Crippen LogP contribution in [0.25, 0.3) is 0 Å². The van der Waals surface area contributed by atoms with E-state index in [1.54, 1.807) is 6.08 Å². The molecule has 0 atom stereocenters. The van der Waals surface area contributed by atoms with Gasteiger partial charge in [-0.25, -0.2) is 0 Å². The van der Waals surface area contributed by atoms with Crippen LogP contribution in [0.3, 0.4) is 0 Å². The Morgan fingerprint density at radius 3 is 1.83 bits per heavy atom. The van der Waals surface area contributed by atoms with Gasteiger partial charge in [0.25, 0.3) is 0 Å². The Hall–Kier alpha value is -1.03. The van der Waals surface area contributed by atoms with E-state index in [2.05, 4.69) is 19.1 Å². The predicted molar refractivity (Wildman–Crippen MR) is 98.9 cm³/mol. The van der Waals surface area contributed by atoms with E-state index in [1.807, 2.05) is 12.1 Å². The van der Waals surface area contributed by atoms with Crippen LogP contribution in [0.1, 0.15) is 84.0 Å². The predicted octanol–water partition coefficient (Wildman–Crippen LogP) is 6.82. The minimum Gasteiger partial charge on any atom is -0.193 e. The summed E-state index contributed by atoms with van der Waals surface area (Å²) in [6, 6.07) is 2.04. The summed E-state index contributed by atoms with van der Waals surface area (Å²) in [6.07, 6.45) is 25.2. The van der Waals surface area contributed by atoms with Crippen LogP contribution in [-0.4, -0.2) is 0 Å². The van der Waals surface area contributed by atoms with E-state index in [1.165, 1.54) is 77.0 Å². The minimum atomic E-state index is 0.749. The fourth-order valence-electron chi connectivity index (χ4n) is 4.68. The van der Waals surface area contributed by atoms with Crippen LogP contribution in [0.2, 0.25) is 0 Å². The zero-order valence-electron chi connectivity index (χ0n) is 15.1. The van der Waals surface area contributed by atoms with Crippen molar-refractivity contribution in [3.05, 3.63) is 24.3 Å². The molecule has 0 saturated heterocycles. The summed E-state index contributed by atoms with van der Waals surface area (Å²) in [5.41, 5.74) is 0. The van der Waals surface area contributed by atoms with Gasteiger partial charge >= 0.3 is 0 Å². The molecule has 1 nitrogen and oxygen atoms in total. The molecular weight excluding hydrogens is 278 g/mol. The molecule has 2 fully saturated rings. The third-order valence-electron chi connectivity index (χ3n) is 6.20. The Morgan fingerprint density at radius 1 is 0.783 bits per heavy atom. The first-order chi connectivity index (χ1) is 11.3. The largest absolute Gasteiger partial charge is 0.193 e. The van der Waals surface area contributed by atoms with Crippen LogP contribution in [0.5, 0.6) is 0 Å². The highest BCUT2D eigenvalue weighted by atomic mass is 14.3. The highest BCUT2D eigenvalue weighted by Crippen LogP contribution is 2.37. The molecule has 0 radical (unpaired) electrons. The van der Waals surface area contributed by atoms with Gasteiger partial charge < -0.3 is 0 Å². The number of nitriles is 1. The Bertz CT molecular complexity index is 398. The molecule has 23 heavy (non-hydrogen) atoms. The summed E-state index contributed by atoms with van der Waals surface area (Å²) in [6.45, 7) is 2.33. The van der Waals surface area contributed by atoms with Gasteiger partial charge in [0, 0.05) is 6.08 Å². The third kappa shape index (κ3) is 6.94. The molecular formula is C22H35N. The summed E-state index contributed by atoms with van der Waals surface area (Å²) in [5.74, 6) is 3.83. The van der Waals surface area contributed by atoms with Gasteiger partial charge in [0.15, 0.2) is 0 Å². The first-order valence-electron chi connectivity index (χ1n) is 10.0. The van der Waals surface area contributed by atoms with Crippen LogP contribution in [0.15, 0.2) is 24.3 Å². The van der Waals surface area contributed by atoms with E-state index in [0.29, 0.717) is 0 Å². The van der Waals surface area contributed by atoms with Gasteiger partial charge in [-0.2, -0.15) is 5.26 Å². The quantitative estimate of drug-likeness (QED) is 0.374. The molecule has 2 aliphatic rings. The topological polar surface area (TPSA) is 23.8 Å². The molecule has 0 spiro atoms. The van der Waals surface area contributed by atoms with Gasteiger partial charge in [-0.1, -0.05) is 76.5 Å². The van der Waals surface area contributed by atoms with E-state index in [-0.39, 0.29) is 0 Å². The lowest BCUT2D eigenvalue weighted by atomic mass is 9.75. The highest BCUT2D eigenvalue weighted by molar-refractivity contribution is 5.12. The Labute approximate surface area is 143 Å². The second-order valence-corrected chi connectivity index (χ2v) is 7.91. The van der Waals surface area contributed by atoms with Crippen LogP contribution in [0.4, 0.5) is 0 Å². The molecule has 2 saturated carbocycles. The molecule has 0 heterocycles. The first-order valence-corrected chi connectivity index (χ1v) is 10.0. The van der Waals surface area contributed by atoms with Crippen molar-refractivity contribution in [1.29, 1.82) is 5.26 Å². The molecule has 1 heteroatoms. The van der Waals surface area contributed by atoms with Crippen molar-refractivity contribution in [2.75, 3.05) is 0 Å². The number of hydrogen-bond donors (Lipinski definition) is 0. The lowest BCUT2D eigenvalue weighted by Crippen LogP contribution is -2.17. The molecule has 0 N–H and O–H groups in total. The fourth-order valence-corrected chi connectivity index (χ4v) is 4.68. The highest BCUT2D eigenvalue weighted by Gasteiger charge is 2.23. The van der Waals surface area contributed by atoms with Crippen LogP contribution in [-0.2, 0) is 0 Å². The standard InChI is InChI=1S/C22H35N/c1-2-6-19-8-12-21(13-9-19)16-17-22-14-10-20(11-15-22)7-4-3-5-18-23/h3-5,7,19-22H,2,6,8-17H2,1H3/b5-3+,7-4+/t19-,20-,21-,22-. The van der Waals surface area contributed by atoms with E-state index >= 15 is 0 Å². The maximum absolute atomic E-state index is 8.47. The molecule has 128 valence electrons. The number of nitrogens with zero attached hydrogens (tertiary/aromatic N) is 1. The van der Waals surface area contributed by atoms with Crippen LogP contribution in [0, 0.1) is 35.0 Å². The van der Waals surface area contributed by atoms with Crippen molar-refractivity contribution in [3.63, 3.8) is 0 Å². The molecule has 0 bridgehead atoms. The second kappa shape index (κ2) is 10.7. The number of allylic oxidation sites excluding steroid dienone is 4. The summed E-state index contributed by atoms with van der Waals surface area (Å²) in [5, 5.41) is 8.47. The van der Waals surface area contributed by atoms with Crippen molar-refractivity contribution < 1.29 is 0 Å². The molecule has 0 amide bonds. The molecule has 0 aromatic rings.